The molecule has 0 spiro atoms. The maximum Gasteiger partial charge on any atom is 0.230 e. The summed E-state index contributed by atoms with van der Waals surface area (Å²) in [5.74, 6) is 1.51. The molecule has 1 unspecified atom stereocenters. The highest BCUT2D eigenvalue weighted by molar-refractivity contribution is 5.19. The van der Waals surface area contributed by atoms with Gasteiger partial charge in [0.2, 0.25) is 11.8 Å². The van der Waals surface area contributed by atoms with Crippen LogP contribution in [0, 0.1) is 0 Å². The molecule has 1 heterocycles. The lowest BCUT2D eigenvalue weighted by molar-refractivity contribution is 0.167. The Bertz CT molecular complexity index is 539. The first-order chi connectivity index (χ1) is 10.1. The van der Waals surface area contributed by atoms with Gasteiger partial charge in [-0.3, -0.25) is 4.90 Å². The summed E-state index contributed by atoms with van der Waals surface area (Å²) >= 11 is 0. The van der Waals surface area contributed by atoms with Crippen molar-refractivity contribution in [1.82, 2.24) is 15.1 Å². The number of nitrogens with zero attached hydrogens (tertiary/aromatic N) is 3. The van der Waals surface area contributed by atoms with Crippen LogP contribution in [0.25, 0.3) is 0 Å². The van der Waals surface area contributed by atoms with Crippen LogP contribution in [0.1, 0.15) is 49.6 Å². The predicted molar refractivity (Wildman–Crippen MR) is 80.7 cm³/mol. The van der Waals surface area contributed by atoms with Gasteiger partial charge in [0.05, 0.1) is 6.54 Å². The van der Waals surface area contributed by atoms with Crippen LogP contribution in [0.2, 0.25) is 0 Å². The number of aromatic nitrogens is 2. The lowest BCUT2D eigenvalue weighted by Crippen LogP contribution is -2.25. The summed E-state index contributed by atoms with van der Waals surface area (Å²) < 4.78 is 5.65. The Kier molecular flexibility index (Phi) is 5.47. The van der Waals surface area contributed by atoms with Crippen LogP contribution in [0.3, 0.4) is 0 Å². The Morgan fingerprint density at radius 1 is 1.19 bits per heavy atom. The van der Waals surface area contributed by atoms with Crippen LogP contribution in [-0.4, -0.2) is 33.9 Å². The Labute approximate surface area is 125 Å². The monoisotopic (exact) mass is 289 g/mol. The minimum absolute atomic E-state index is 0.130. The Morgan fingerprint density at radius 3 is 2.48 bits per heavy atom. The molecule has 5 heteroatoms. The molecular weight excluding hydrogens is 266 g/mol. The van der Waals surface area contributed by atoms with Crippen molar-refractivity contribution < 1.29 is 9.52 Å². The fraction of sp³-hybridized carbons (Fsp3) is 0.500. The third-order valence-electron chi connectivity index (χ3n) is 3.48. The second-order valence-electron chi connectivity index (χ2n) is 5.54. The molecular formula is C16H23N3O2. The van der Waals surface area contributed by atoms with Gasteiger partial charge in [0.1, 0.15) is 0 Å². The standard InChI is InChI=1S/C16H23N3O2/c1-12(2)16-18-17-15(21-16)11-19(3)14(9-10-20)13-7-5-4-6-8-13/h4-8,12,14,20H,9-11H2,1-3H3. The molecule has 2 aromatic rings. The van der Waals surface area contributed by atoms with Crippen LogP contribution in [0.15, 0.2) is 34.7 Å². The topological polar surface area (TPSA) is 62.4 Å². The van der Waals surface area contributed by atoms with E-state index in [0.29, 0.717) is 24.7 Å². The lowest BCUT2D eigenvalue weighted by Gasteiger charge is -2.26. The Balaban J connectivity index is 2.09. The molecule has 21 heavy (non-hydrogen) atoms. The molecule has 114 valence electrons. The van der Waals surface area contributed by atoms with Gasteiger partial charge in [-0.25, -0.2) is 0 Å². The van der Waals surface area contributed by atoms with Gasteiger partial charge < -0.3 is 9.52 Å². The van der Waals surface area contributed by atoms with Gasteiger partial charge in [0.15, 0.2) is 0 Å². The van der Waals surface area contributed by atoms with Gasteiger partial charge >= 0.3 is 0 Å². The summed E-state index contributed by atoms with van der Waals surface area (Å²) in [6.45, 7) is 4.77. The zero-order valence-electron chi connectivity index (χ0n) is 12.9. The summed E-state index contributed by atoms with van der Waals surface area (Å²) in [5, 5.41) is 17.5. The first-order valence-electron chi connectivity index (χ1n) is 7.30. The highest BCUT2D eigenvalue weighted by atomic mass is 16.4. The van der Waals surface area contributed by atoms with Gasteiger partial charge in [-0.15, -0.1) is 10.2 Å². The van der Waals surface area contributed by atoms with E-state index in [1.807, 2.05) is 39.1 Å². The predicted octanol–water partition coefficient (Wildman–Crippen LogP) is 2.75. The van der Waals surface area contributed by atoms with Gasteiger partial charge in [0, 0.05) is 18.6 Å². The van der Waals surface area contributed by atoms with Crippen molar-refractivity contribution in [1.29, 1.82) is 0 Å². The second-order valence-corrected chi connectivity index (χ2v) is 5.54. The zero-order chi connectivity index (χ0) is 15.2. The molecule has 0 aliphatic heterocycles. The molecule has 0 aliphatic rings. The number of hydrogen-bond donors (Lipinski definition) is 1. The average molecular weight is 289 g/mol. The highest BCUT2D eigenvalue weighted by Gasteiger charge is 2.19. The SMILES string of the molecule is CC(C)c1nnc(CN(C)C(CCO)c2ccccc2)o1. The third-order valence-corrected chi connectivity index (χ3v) is 3.48. The molecule has 0 amide bonds. The molecule has 1 atom stereocenters. The second kappa shape index (κ2) is 7.33. The van der Waals surface area contributed by atoms with Crippen LogP contribution < -0.4 is 0 Å². The molecule has 0 aliphatic carbocycles. The van der Waals surface area contributed by atoms with E-state index in [-0.39, 0.29) is 18.6 Å². The van der Waals surface area contributed by atoms with Gasteiger partial charge in [-0.1, -0.05) is 44.2 Å². The van der Waals surface area contributed by atoms with E-state index in [9.17, 15) is 5.11 Å². The van der Waals surface area contributed by atoms with E-state index in [2.05, 4.69) is 27.2 Å². The number of benzene rings is 1. The van der Waals surface area contributed by atoms with E-state index < -0.39 is 0 Å². The summed E-state index contributed by atoms with van der Waals surface area (Å²) in [4.78, 5) is 2.13. The van der Waals surface area contributed by atoms with E-state index in [0.717, 1.165) is 0 Å². The number of rotatable bonds is 7. The van der Waals surface area contributed by atoms with Crippen LogP contribution in [0.5, 0.6) is 0 Å². The first kappa shape index (κ1) is 15.7. The zero-order valence-corrected chi connectivity index (χ0v) is 12.9. The summed E-state index contributed by atoms with van der Waals surface area (Å²) in [5.41, 5.74) is 1.18. The van der Waals surface area contributed by atoms with Crippen molar-refractivity contribution in [2.45, 2.75) is 38.8 Å². The minimum Gasteiger partial charge on any atom is -0.424 e. The molecule has 0 saturated heterocycles. The van der Waals surface area contributed by atoms with Crippen LogP contribution in [0.4, 0.5) is 0 Å². The number of hydrogen-bond acceptors (Lipinski definition) is 5. The Morgan fingerprint density at radius 2 is 1.90 bits per heavy atom. The smallest absolute Gasteiger partial charge is 0.230 e. The van der Waals surface area contributed by atoms with Crippen LogP contribution in [-0.2, 0) is 6.54 Å². The molecule has 0 fully saturated rings. The quantitative estimate of drug-likeness (QED) is 0.849. The van der Waals surface area contributed by atoms with Gasteiger partial charge in [-0.05, 0) is 19.0 Å². The largest absolute Gasteiger partial charge is 0.424 e. The van der Waals surface area contributed by atoms with Gasteiger partial charge in [-0.2, -0.15) is 0 Å². The molecule has 1 aromatic heterocycles. The maximum atomic E-state index is 9.31. The first-order valence-corrected chi connectivity index (χ1v) is 7.30. The molecule has 2 rings (SSSR count). The van der Waals surface area contributed by atoms with Crippen molar-refractivity contribution in [2.75, 3.05) is 13.7 Å². The molecule has 1 N–H and O–H groups in total. The normalized spacial score (nSPS) is 13.0. The summed E-state index contributed by atoms with van der Waals surface area (Å²) in [7, 11) is 2.01. The molecule has 0 radical (unpaired) electrons. The van der Waals surface area contributed by atoms with Gasteiger partial charge in [0.25, 0.3) is 0 Å². The van der Waals surface area contributed by atoms with E-state index >= 15 is 0 Å². The number of aliphatic hydroxyl groups is 1. The van der Waals surface area contributed by atoms with Crippen LogP contribution >= 0.6 is 0 Å². The van der Waals surface area contributed by atoms with Crippen molar-refractivity contribution in [3.05, 3.63) is 47.7 Å². The number of aliphatic hydroxyl groups excluding tert-OH is 1. The van der Waals surface area contributed by atoms with Crippen molar-refractivity contribution in [2.24, 2.45) is 0 Å². The maximum absolute atomic E-state index is 9.31. The van der Waals surface area contributed by atoms with Crippen molar-refractivity contribution >= 4 is 0 Å². The van der Waals surface area contributed by atoms with Crippen molar-refractivity contribution in [3.63, 3.8) is 0 Å². The van der Waals surface area contributed by atoms with Crippen molar-refractivity contribution in [3.8, 4) is 0 Å². The summed E-state index contributed by atoms with van der Waals surface area (Å²) in [6.07, 6.45) is 0.672. The highest BCUT2D eigenvalue weighted by Crippen LogP contribution is 2.24. The fourth-order valence-corrected chi connectivity index (χ4v) is 2.33. The van der Waals surface area contributed by atoms with E-state index in [1.165, 1.54) is 5.56 Å². The van der Waals surface area contributed by atoms with E-state index in [1.54, 1.807) is 0 Å². The lowest BCUT2D eigenvalue weighted by atomic mass is 10.0. The molecule has 1 aromatic carbocycles. The third kappa shape index (κ3) is 4.12. The van der Waals surface area contributed by atoms with E-state index in [4.69, 9.17) is 4.42 Å². The molecule has 5 nitrogen and oxygen atoms in total. The average Bonchev–Trinajstić information content (AvgIpc) is 2.94. The minimum atomic E-state index is 0.130. The summed E-state index contributed by atoms with van der Waals surface area (Å²) in [6, 6.07) is 10.3. The Hall–Kier alpha value is -1.72. The molecule has 0 saturated carbocycles. The molecule has 0 bridgehead atoms. The fourth-order valence-electron chi connectivity index (χ4n) is 2.33.